The summed E-state index contributed by atoms with van der Waals surface area (Å²) >= 11 is 5.83. The summed E-state index contributed by atoms with van der Waals surface area (Å²) in [5.74, 6) is -0.722. The van der Waals surface area contributed by atoms with Crippen molar-refractivity contribution in [2.75, 3.05) is 24.9 Å². The Bertz CT molecular complexity index is 734. The fourth-order valence-corrected chi connectivity index (χ4v) is 2.04. The van der Waals surface area contributed by atoms with Crippen LogP contribution in [0.1, 0.15) is 0 Å². The average Bonchev–Trinajstić information content (AvgIpc) is 2.54. The monoisotopic (exact) mass is 334 g/mol. The molecule has 120 valence electrons. The number of anilines is 2. The zero-order valence-corrected chi connectivity index (χ0v) is 13.3. The molecule has 0 heterocycles. The predicted octanol–water partition coefficient (Wildman–Crippen LogP) is 2.93. The van der Waals surface area contributed by atoms with Crippen LogP contribution in [0, 0.1) is 0 Å². The summed E-state index contributed by atoms with van der Waals surface area (Å²) in [4.78, 5) is 24.0. The molecule has 2 aromatic rings. The van der Waals surface area contributed by atoms with E-state index in [0.29, 0.717) is 27.9 Å². The molecule has 0 spiro atoms. The van der Waals surface area contributed by atoms with Crippen LogP contribution in [-0.2, 0) is 9.59 Å². The zero-order valence-electron chi connectivity index (χ0n) is 12.6. The first kappa shape index (κ1) is 16.6. The Kier molecular flexibility index (Phi) is 5.43. The number of ether oxygens (including phenoxy) is 2. The van der Waals surface area contributed by atoms with Crippen molar-refractivity contribution in [1.29, 1.82) is 0 Å². The molecule has 23 heavy (non-hydrogen) atoms. The SMILES string of the molecule is COc1ccc(OC)c(NC(=O)C(=O)Nc2cccc(Cl)c2)c1. The van der Waals surface area contributed by atoms with Crippen LogP contribution in [0.25, 0.3) is 0 Å². The Morgan fingerprint density at radius 1 is 0.957 bits per heavy atom. The van der Waals surface area contributed by atoms with Gasteiger partial charge in [-0.15, -0.1) is 0 Å². The number of amides is 2. The third-order valence-corrected chi connectivity index (χ3v) is 3.18. The molecule has 6 nitrogen and oxygen atoms in total. The van der Waals surface area contributed by atoms with Crippen molar-refractivity contribution < 1.29 is 19.1 Å². The Morgan fingerprint density at radius 2 is 1.70 bits per heavy atom. The lowest BCUT2D eigenvalue weighted by Gasteiger charge is -2.11. The lowest BCUT2D eigenvalue weighted by molar-refractivity contribution is -0.133. The van der Waals surface area contributed by atoms with E-state index in [9.17, 15) is 9.59 Å². The number of halogens is 1. The first-order valence-corrected chi connectivity index (χ1v) is 7.01. The molecule has 2 N–H and O–H groups in total. The largest absolute Gasteiger partial charge is 0.497 e. The first-order valence-electron chi connectivity index (χ1n) is 6.63. The molecule has 0 aliphatic rings. The van der Waals surface area contributed by atoms with Crippen LogP contribution in [0.15, 0.2) is 42.5 Å². The van der Waals surface area contributed by atoms with Gasteiger partial charge in [0.15, 0.2) is 0 Å². The predicted molar refractivity (Wildman–Crippen MR) is 88.3 cm³/mol. The number of hydrogen-bond acceptors (Lipinski definition) is 4. The lowest BCUT2D eigenvalue weighted by Crippen LogP contribution is -2.29. The molecule has 0 saturated heterocycles. The van der Waals surface area contributed by atoms with Gasteiger partial charge in [-0.25, -0.2) is 0 Å². The molecule has 2 rings (SSSR count). The molecule has 0 radical (unpaired) electrons. The summed E-state index contributed by atoms with van der Waals surface area (Å²) in [5.41, 5.74) is 0.758. The fourth-order valence-electron chi connectivity index (χ4n) is 1.84. The molecule has 0 saturated carbocycles. The standard InChI is InChI=1S/C16H15ClN2O4/c1-22-12-6-7-14(23-2)13(9-12)19-16(21)15(20)18-11-5-3-4-10(17)8-11/h3-9H,1-2H3,(H,18,20)(H,19,21). The smallest absolute Gasteiger partial charge is 0.314 e. The van der Waals surface area contributed by atoms with Crippen LogP contribution in [0.4, 0.5) is 11.4 Å². The molecule has 0 atom stereocenters. The van der Waals surface area contributed by atoms with E-state index in [1.165, 1.54) is 14.2 Å². The van der Waals surface area contributed by atoms with Gasteiger partial charge in [0.1, 0.15) is 11.5 Å². The van der Waals surface area contributed by atoms with Gasteiger partial charge in [0, 0.05) is 16.8 Å². The molecule has 0 aromatic heterocycles. The van der Waals surface area contributed by atoms with Gasteiger partial charge in [-0.1, -0.05) is 17.7 Å². The summed E-state index contributed by atoms with van der Waals surface area (Å²) in [5, 5.41) is 5.40. The highest BCUT2D eigenvalue weighted by Gasteiger charge is 2.16. The Hall–Kier alpha value is -2.73. The van der Waals surface area contributed by atoms with E-state index in [1.807, 2.05) is 0 Å². The second-order valence-electron chi connectivity index (χ2n) is 4.48. The second-order valence-corrected chi connectivity index (χ2v) is 4.92. The molecular formula is C16H15ClN2O4. The van der Waals surface area contributed by atoms with Crippen LogP contribution in [0.3, 0.4) is 0 Å². The van der Waals surface area contributed by atoms with Gasteiger partial charge in [-0.3, -0.25) is 9.59 Å². The van der Waals surface area contributed by atoms with Gasteiger partial charge in [0.25, 0.3) is 0 Å². The minimum absolute atomic E-state index is 0.332. The van der Waals surface area contributed by atoms with Crippen molar-refractivity contribution in [3.63, 3.8) is 0 Å². The number of benzene rings is 2. The fraction of sp³-hybridized carbons (Fsp3) is 0.125. The van der Waals surface area contributed by atoms with Crippen LogP contribution in [0.2, 0.25) is 5.02 Å². The van der Waals surface area contributed by atoms with Crippen LogP contribution in [0.5, 0.6) is 11.5 Å². The zero-order chi connectivity index (χ0) is 16.8. The second kappa shape index (κ2) is 7.51. The van der Waals surface area contributed by atoms with E-state index in [0.717, 1.165) is 0 Å². The Morgan fingerprint density at radius 3 is 2.35 bits per heavy atom. The van der Waals surface area contributed by atoms with E-state index in [-0.39, 0.29) is 0 Å². The summed E-state index contributed by atoms with van der Waals surface area (Å²) in [7, 11) is 2.96. The van der Waals surface area contributed by atoms with Gasteiger partial charge in [-0.2, -0.15) is 0 Å². The number of methoxy groups -OCH3 is 2. The van der Waals surface area contributed by atoms with Crippen molar-refractivity contribution in [2.45, 2.75) is 0 Å². The summed E-state index contributed by atoms with van der Waals surface area (Å²) in [6.07, 6.45) is 0. The molecule has 0 aliphatic carbocycles. The molecule has 0 aliphatic heterocycles. The van der Waals surface area contributed by atoms with E-state index in [1.54, 1.807) is 42.5 Å². The van der Waals surface area contributed by atoms with Crippen molar-refractivity contribution in [1.82, 2.24) is 0 Å². The minimum Gasteiger partial charge on any atom is -0.497 e. The molecule has 0 bridgehead atoms. The Balaban J connectivity index is 2.10. The van der Waals surface area contributed by atoms with E-state index in [2.05, 4.69) is 10.6 Å². The highest BCUT2D eigenvalue weighted by atomic mass is 35.5. The topological polar surface area (TPSA) is 76.7 Å². The molecule has 2 aromatic carbocycles. The minimum atomic E-state index is -0.837. The summed E-state index contributed by atoms with van der Waals surface area (Å²) in [6, 6.07) is 11.4. The molecular weight excluding hydrogens is 320 g/mol. The van der Waals surface area contributed by atoms with Gasteiger partial charge in [0.2, 0.25) is 0 Å². The Labute approximate surface area is 138 Å². The number of rotatable bonds is 4. The van der Waals surface area contributed by atoms with Crippen LogP contribution in [-0.4, -0.2) is 26.0 Å². The number of hydrogen-bond donors (Lipinski definition) is 2. The highest BCUT2D eigenvalue weighted by Crippen LogP contribution is 2.28. The molecule has 0 fully saturated rings. The van der Waals surface area contributed by atoms with E-state index < -0.39 is 11.8 Å². The number of nitrogens with one attached hydrogen (secondary N) is 2. The van der Waals surface area contributed by atoms with E-state index >= 15 is 0 Å². The van der Waals surface area contributed by atoms with Crippen molar-refractivity contribution in [2.24, 2.45) is 0 Å². The normalized spacial score (nSPS) is 9.87. The maximum Gasteiger partial charge on any atom is 0.314 e. The summed E-state index contributed by atoms with van der Waals surface area (Å²) < 4.78 is 10.2. The molecule has 7 heteroatoms. The highest BCUT2D eigenvalue weighted by molar-refractivity contribution is 6.44. The maximum absolute atomic E-state index is 12.0. The van der Waals surface area contributed by atoms with Gasteiger partial charge in [-0.05, 0) is 30.3 Å². The molecule has 2 amide bonds. The van der Waals surface area contributed by atoms with Crippen molar-refractivity contribution >= 4 is 34.8 Å². The van der Waals surface area contributed by atoms with Crippen LogP contribution < -0.4 is 20.1 Å². The third kappa shape index (κ3) is 4.37. The third-order valence-electron chi connectivity index (χ3n) is 2.94. The van der Waals surface area contributed by atoms with Gasteiger partial charge < -0.3 is 20.1 Å². The van der Waals surface area contributed by atoms with Gasteiger partial charge in [0.05, 0.1) is 19.9 Å². The van der Waals surface area contributed by atoms with Crippen molar-refractivity contribution in [3.05, 3.63) is 47.5 Å². The lowest BCUT2D eigenvalue weighted by atomic mass is 10.2. The van der Waals surface area contributed by atoms with Crippen LogP contribution >= 0.6 is 11.6 Å². The molecule has 0 unspecified atom stereocenters. The quantitative estimate of drug-likeness (QED) is 0.843. The summed E-state index contributed by atoms with van der Waals surface area (Å²) in [6.45, 7) is 0. The van der Waals surface area contributed by atoms with E-state index in [4.69, 9.17) is 21.1 Å². The van der Waals surface area contributed by atoms with Crippen molar-refractivity contribution in [3.8, 4) is 11.5 Å². The number of carbonyl (C=O) groups excluding carboxylic acids is 2. The first-order chi connectivity index (χ1) is 11.0. The number of carbonyl (C=O) groups is 2. The average molecular weight is 335 g/mol. The van der Waals surface area contributed by atoms with Gasteiger partial charge >= 0.3 is 11.8 Å². The maximum atomic E-state index is 12.0.